The van der Waals surface area contributed by atoms with Crippen LogP contribution in [0.5, 0.6) is 0 Å². The molecule has 2 N–H and O–H groups in total. The summed E-state index contributed by atoms with van der Waals surface area (Å²) in [5.41, 5.74) is 5.69. The smallest absolute Gasteiger partial charge is 0.0226 e. The van der Waals surface area contributed by atoms with Crippen molar-refractivity contribution in [1.29, 1.82) is 0 Å². The lowest BCUT2D eigenvalue weighted by Gasteiger charge is -2.25. The highest BCUT2D eigenvalue weighted by Gasteiger charge is 2.12. The normalized spacial score (nSPS) is 12.1. The van der Waals surface area contributed by atoms with E-state index in [9.17, 15) is 0 Å². The Balaban J connectivity index is 3.56. The highest BCUT2D eigenvalue weighted by Crippen LogP contribution is 1.98. The second-order valence-electron chi connectivity index (χ2n) is 3.47. The predicted octanol–water partition coefficient (Wildman–Crippen LogP) is 0.841. The van der Waals surface area contributed by atoms with E-state index in [-0.39, 0.29) is 5.54 Å². The van der Waals surface area contributed by atoms with Crippen LogP contribution in [0.15, 0.2) is 12.7 Å². The summed E-state index contributed by atoms with van der Waals surface area (Å²) < 4.78 is 0. The molecule has 2 heteroatoms. The highest BCUT2D eigenvalue weighted by molar-refractivity contribution is 4.79. The van der Waals surface area contributed by atoms with Crippen molar-refractivity contribution in [2.45, 2.75) is 19.4 Å². The van der Waals surface area contributed by atoms with E-state index in [4.69, 9.17) is 5.73 Å². The molecule has 0 saturated heterocycles. The van der Waals surface area contributed by atoms with Gasteiger partial charge in [0.15, 0.2) is 0 Å². The van der Waals surface area contributed by atoms with Crippen molar-refractivity contribution >= 4 is 0 Å². The van der Waals surface area contributed by atoms with Gasteiger partial charge in [-0.3, -0.25) is 0 Å². The van der Waals surface area contributed by atoms with E-state index >= 15 is 0 Å². The molecule has 0 unspecified atom stereocenters. The monoisotopic (exact) mass is 142 g/mol. The van der Waals surface area contributed by atoms with Crippen molar-refractivity contribution in [2.24, 2.45) is 5.73 Å². The second-order valence-corrected chi connectivity index (χ2v) is 3.47. The highest BCUT2D eigenvalue weighted by atomic mass is 15.1. The summed E-state index contributed by atoms with van der Waals surface area (Å²) in [6, 6.07) is 0. The van der Waals surface area contributed by atoms with Gasteiger partial charge in [0.1, 0.15) is 0 Å². The van der Waals surface area contributed by atoms with Gasteiger partial charge in [-0.15, -0.1) is 6.58 Å². The molecule has 0 aliphatic carbocycles. The molecule has 0 spiro atoms. The summed E-state index contributed by atoms with van der Waals surface area (Å²) in [7, 11) is 2.04. The SMILES string of the molecule is C=CCN(C)CC(C)(C)N. The molecule has 10 heavy (non-hydrogen) atoms. The molecule has 0 saturated carbocycles. The van der Waals surface area contributed by atoms with Crippen LogP contribution < -0.4 is 5.73 Å². The summed E-state index contributed by atoms with van der Waals surface area (Å²) in [6.45, 7) is 9.49. The van der Waals surface area contributed by atoms with Crippen LogP contribution >= 0.6 is 0 Å². The summed E-state index contributed by atoms with van der Waals surface area (Å²) in [4.78, 5) is 2.15. The van der Waals surface area contributed by atoms with Gasteiger partial charge in [0.2, 0.25) is 0 Å². The van der Waals surface area contributed by atoms with Crippen molar-refractivity contribution in [3.8, 4) is 0 Å². The van der Waals surface area contributed by atoms with Gasteiger partial charge in [-0.1, -0.05) is 6.08 Å². The van der Waals surface area contributed by atoms with E-state index in [0.29, 0.717) is 0 Å². The van der Waals surface area contributed by atoms with Crippen molar-refractivity contribution < 1.29 is 0 Å². The minimum Gasteiger partial charge on any atom is -0.324 e. The summed E-state index contributed by atoms with van der Waals surface area (Å²) in [6.07, 6.45) is 1.88. The summed E-state index contributed by atoms with van der Waals surface area (Å²) >= 11 is 0. The molecule has 0 aromatic carbocycles. The lowest BCUT2D eigenvalue weighted by atomic mass is 10.1. The van der Waals surface area contributed by atoms with E-state index in [1.807, 2.05) is 27.0 Å². The first-order valence-electron chi connectivity index (χ1n) is 3.54. The molecule has 0 bridgehead atoms. The van der Waals surface area contributed by atoms with Gasteiger partial charge in [0.05, 0.1) is 0 Å². The molecule has 0 aliphatic heterocycles. The van der Waals surface area contributed by atoms with Crippen molar-refractivity contribution in [3.05, 3.63) is 12.7 Å². The van der Waals surface area contributed by atoms with Gasteiger partial charge < -0.3 is 10.6 Å². The summed E-state index contributed by atoms with van der Waals surface area (Å²) in [5, 5.41) is 0. The average Bonchev–Trinajstić information content (AvgIpc) is 1.59. The Bertz CT molecular complexity index is 102. The molecule has 0 aliphatic rings. The maximum absolute atomic E-state index is 5.79. The largest absolute Gasteiger partial charge is 0.324 e. The van der Waals surface area contributed by atoms with Gasteiger partial charge in [0, 0.05) is 18.6 Å². The Hall–Kier alpha value is -0.340. The Morgan fingerprint density at radius 3 is 2.40 bits per heavy atom. The lowest BCUT2D eigenvalue weighted by Crippen LogP contribution is -2.43. The third-order valence-corrected chi connectivity index (χ3v) is 1.12. The van der Waals surface area contributed by atoms with Crippen molar-refractivity contribution in [3.63, 3.8) is 0 Å². The van der Waals surface area contributed by atoms with E-state index in [1.54, 1.807) is 0 Å². The molecule has 0 rings (SSSR count). The van der Waals surface area contributed by atoms with Crippen molar-refractivity contribution in [1.82, 2.24) is 4.90 Å². The molecule has 2 nitrogen and oxygen atoms in total. The molecule has 0 aromatic rings. The van der Waals surface area contributed by atoms with E-state index < -0.39 is 0 Å². The van der Waals surface area contributed by atoms with Crippen LogP contribution in [0.25, 0.3) is 0 Å². The molecule has 60 valence electrons. The van der Waals surface area contributed by atoms with Gasteiger partial charge in [-0.05, 0) is 20.9 Å². The molecule has 0 radical (unpaired) electrons. The molecule has 0 atom stereocenters. The van der Waals surface area contributed by atoms with Crippen LogP contribution in [0.2, 0.25) is 0 Å². The zero-order valence-corrected chi connectivity index (χ0v) is 7.22. The first kappa shape index (κ1) is 9.66. The van der Waals surface area contributed by atoms with Crippen LogP contribution in [-0.4, -0.2) is 30.6 Å². The van der Waals surface area contributed by atoms with Crippen LogP contribution in [0, 0.1) is 0 Å². The second kappa shape index (κ2) is 3.74. The van der Waals surface area contributed by atoms with E-state index in [2.05, 4.69) is 11.5 Å². The fourth-order valence-corrected chi connectivity index (χ4v) is 0.981. The number of nitrogens with zero attached hydrogens (tertiary/aromatic N) is 1. The average molecular weight is 142 g/mol. The standard InChI is InChI=1S/C8H18N2/c1-5-6-10(4)7-8(2,3)9/h5H,1,6-7,9H2,2-4H3. The Morgan fingerprint density at radius 2 is 2.10 bits per heavy atom. The maximum Gasteiger partial charge on any atom is 0.0226 e. The minimum absolute atomic E-state index is 0.0994. The Labute approximate surface area is 63.7 Å². The first-order valence-corrected chi connectivity index (χ1v) is 3.54. The van der Waals surface area contributed by atoms with Crippen LogP contribution in [0.1, 0.15) is 13.8 Å². The number of likely N-dealkylation sites (N-methyl/N-ethyl adjacent to an activating group) is 1. The lowest BCUT2D eigenvalue weighted by molar-refractivity contribution is 0.293. The molecule has 0 heterocycles. The number of rotatable bonds is 4. The molecular formula is C8H18N2. The third kappa shape index (κ3) is 5.79. The molecule has 0 amide bonds. The quantitative estimate of drug-likeness (QED) is 0.589. The van der Waals surface area contributed by atoms with Crippen LogP contribution in [-0.2, 0) is 0 Å². The zero-order chi connectivity index (χ0) is 8.20. The molecular weight excluding hydrogens is 124 g/mol. The molecule has 0 fully saturated rings. The van der Waals surface area contributed by atoms with E-state index in [0.717, 1.165) is 13.1 Å². The van der Waals surface area contributed by atoms with Crippen LogP contribution in [0.4, 0.5) is 0 Å². The first-order chi connectivity index (χ1) is 4.45. The van der Waals surface area contributed by atoms with Crippen LogP contribution in [0.3, 0.4) is 0 Å². The number of nitrogens with two attached hydrogens (primary N) is 1. The topological polar surface area (TPSA) is 29.3 Å². The fourth-order valence-electron chi connectivity index (χ4n) is 0.981. The molecule has 0 aromatic heterocycles. The number of hydrogen-bond donors (Lipinski definition) is 1. The predicted molar refractivity (Wildman–Crippen MR) is 46.0 cm³/mol. The fraction of sp³-hybridized carbons (Fsp3) is 0.750. The van der Waals surface area contributed by atoms with Gasteiger partial charge in [-0.25, -0.2) is 0 Å². The Morgan fingerprint density at radius 1 is 1.60 bits per heavy atom. The van der Waals surface area contributed by atoms with Crippen molar-refractivity contribution in [2.75, 3.05) is 20.1 Å². The summed E-state index contributed by atoms with van der Waals surface area (Å²) in [5.74, 6) is 0. The van der Waals surface area contributed by atoms with Gasteiger partial charge >= 0.3 is 0 Å². The Kier molecular flexibility index (Phi) is 3.61. The van der Waals surface area contributed by atoms with Gasteiger partial charge in [-0.2, -0.15) is 0 Å². The number of hydrogen-bond acceptors (Lipinski definition) is 2. The van der Waals surface area contributed by atoms with Gasteiger partial charge in [0.25, 0.3) is 0 Å². The third-order valence-electron chi connectivity index (χ3n) is 1.12. The van der Waals surface area contributed by atoms with E-state index in [1.165, 1.54) is 0 Å². The minimum atomic E-state index is -0.0994. The zero-order valence-electron chi connectivity index (χ0n) is 7.22. The maximum atomic E-state index is 5.79.